The number of furan rings is 1. The highest BCUT2D eigenvalue weighted by Gasteiger charge is 2.28. The van der Waals surface area contributed by atoms with Crippen LogP contribution in [0, 0.1) is 0 Å². The Balaban J connectivity index is 1.42. The van der Waals surface area contributed by atoms with E-state index in [9.17, 15) is 9.59 Å². The number of imide groups is 1. The maximum atomic E-state index is 12.7. The average molecular weight is 446 g/mol. The molecule has 2 aromatic heterocycles. The minimum atomic E-state index is -0.479. The summed E-state index contributed by atoms with van der Waals surface area (Å²) in [7, 11) is 0. The minimum absolute atomic E-state index is 0.162. The third-order valence-corrected chi connectivity index (χ3v) is 7.23. The third-order valence-electron chi connectivity index (χ3n) is 6.17. The van der Waals surface area contributed by atoms with Gasteiger partial charge >= 0.3 is 6.03 Å². The van der Waals surface area contributed by atoms with Crippen molar-refractivity contribution in [2.45, 2.75) is 93.6 Å². The maximum Gasteiger partial charge on any atom is 0.321 e. The molecule has 2 fully saturated rings. The van der Waals surface area contributed by atoms with Gasteiger partial charge < -0.3 is 9.73 Å². The van der Waals surface area contributed by atoms with Crippen LogP contribution in [0.15, 0.2) is 28.0 Å². The van der Waals surface area contributed by atoms with Crippen molar-refractivity contribution in [3.8, 4) is 11.6 Å². The molecule has 0 bridgehead atoms. The monoisotopic (exact) mass is 445 g/mol. The molecule has 0 saturated heterocycles. The average Bonchev–Trinajstić information content (AvgIpc) is 3.45. The van der Waals surface area contributed by atoms with Gasteiger partial charge in [-0.3, -0.25) is 14.7 Å². The van der Waals surface area contributed by atoms with E-state index in [1.807, 2.05) is 12.1 Å². The number of thioether (sulfide) groups is 1. The summed E-state index contributed by atoms with van der Waals surface area (Å²) in [6.45, 7) is 1.79. The maximum absolute atomic E-state index is 12.7. The lowest BCUT2D eigenvalue weighted by atomic mass is 9.95. The zero-order valence-electron chi connectivity index (χ0n) is 18.0. The molecule has 2 heterocycles. The van der Waals surface area contributed by atoms with Crippen LogP contribution >= 0.6 is 11.8 Å². The molecule has 8 nitrogen and oxygen atoms in total. The van der Waals surface area contributed by atoms with Crippen molar-refractivity contribution in [1.29, 1.82) is 0 Å². The number of hydrogen-bond acceptors (Lipinski definition) is 6. The van der Waals surface area contributed by atoms with Crippen LogP contribution in [-0.2, 0) is 4.79 Å². The van der Waals surface area contributed by atoms with Crippen LogP contribution in [0.4, 0.5) is 4.79 Å². The van der Waals surface area contributed by atoms with Crippen molar-refractivity contribution in [2.75, 3.05) is 0 Å². The number of urea groups is 1. The molecule has 2 saturated carbocycles. The number of carbonyl (C=O) groups excluding carboxylic acids is 2. The fourth-order valence-corrected chi connectivity index (χ4v) is 5.41. The van der Waals surface area contributed by atoms with Gasteiger partial charge in [-0.1, -0.05) is 50.3 Å². The van der Waals surface area contributed by atoms with Crippen molar-refractivity contribution in [3.63, 3.8) is 0 Å². The summed E-state index contributed by atoms with van der Waals surface area (Å²) in [5, 5.41) is 14.4. The van der Waals surface area contributed by atoms with Gasteiger partial charge in [-0.15, -0.1) is 10.2 Å². The summed E-state index contributed by atoms with van der Waals surface area (Å²) < 4.78 is 7.70. The first kappa shape index (κ1) is 21.9. The van der Waals surface area contributed by atoms with E-state index in [2.05, 4.69) is 25.4 Å². The molecule has 2 aliphatic carbocycles. The van der Waals surface area contributed by atoms with Crippen molar-refractivity contribution in [2.24, 2.45) is 0 Å². The molecule has 31 heavy (non-hydrogen) atoms. The van der Waals surface area contributed by atoms with Crippen molar-refractivity contribution in [3.05, 3.63) is 18.4 Å². The third kappa shape index (κ3) is 5.50. The van der Waals surface area contributed by atoms with Crippen LogP contribution in [0.3, 0.4) is 0 Å². The topological polar surface area (TPSA) is 102 Å². The lowest BCUT2D eigenvalue weighted by Crippen LogP contribution is -2.47. The van der Waals surface area contributed by atoms with Gasteiger partial charge in [-0.25, -0.2) is 4.79 Å². The van der Waals surface area contributed by atoms with Gasteiger partial charge in [0.1, 0.15) is 0 Å². The molecule has 2 N–H and O–H groups in total. The lowest BCUT2D eigenvalue weighted by Gasteiger charge is -2.25. The Morgan fingerprint density at radius 3 is 2.48 bits per heavy atom. The van der Waals surface area contributed by atoms with Gasteiger partial charge in [0.05, 0.1) is 11.5 Å². The molecule has 2 aliphatic rings. The number of amides is 3. The number of rotatable bonds is 6. The Bertz CT molecular complexity index is 870. The molecule has 3 amide bonds. The minimum Gasteiger partial charge on any atom is -0.461 e. The summed E-state index contributed by atoms with van der Waals surface area (Å²) in [6.07, 6.45) is 12.7. The highest BCUT2D eigenvalue weighted by Crippen LogP contribution is 2.36. The number of nitrogens with zero attached hydrogens (tertiary/aromatic N) is 3. The summed E-state index contributed by atoms with van der Waals surface area (Å²) in [5.41, 5.74) is 0. The largest absolute Gasteiger partial charge is 0.461 e. The van der Waals surface area contributed by atoms with Gasteiger partial charge in [-0.2, -0.15) is 0 Å². The van der Waals surface area contributed by atoms with Gasteiger partial charge in [0, 0.05) is 12.1 Å². The summed E-state index contributed by atoms with van der Waals surface area (Å²) in [6, 6.07) is 3.76. The molecule has 0 aromatic carbocycles. The first-order valence-corrected chi connectivity index (χ1v) is 12.3. The molecule has 2 aromatic rings. The van der Waals surface area contributed by atoms with E-state index in [0.717, 1.165) is 38.5 Å². The zero-order valence-corrected chi connectivity index (χ0v) is 18.8. The fourth-order valence-electron chi connectivity index (χ4n) is 4.49. The van der Waals surface area contributed by atoms with Gasteiger partial charge in [-0.05, 0) is 44.7 Å². The first-order chi connectivity index (χ1) is 15.1. The second kappa shape index (κ2) is 10.3. The van der Waals surface area contributed by atoms with E-state index in [-0.39, 0.29) is 18.0 Å². The van der Waals surface area contributed by atoms with Crippen molar-refractivity contribution >= 4 is 23.7 Å². The van der Waals surface area contributed by atoms with Crippen LogP contribution in [0.25, 0.3) is 11.6 Å². The van der Waals surface area contributed by atoms with Gasteiger partial charge in [0.15, 0.2) is 10.9 Å². The Morgan fingerprint density at radius 2 is 1.81 bits per heavy atom. The Kier molecular flexibility index (Phi) is 7.32. The van der Waals surface area contributed by atoms with E-state index in [4.69, 9.17) is 4.42 Å². The van der Waals surface area contributed by atoms with E-state index >= 15 is 0 Å². The molecule has 168 valence electrons. The summed E-state index contributed by atoms with van der Waals surface area (Å²) in [5.74, 6) is 1.05. The Hall–Kier alpha value is -2.29. The molecule has 0 radical (unpaired) electrons. The van der Waals surface area contributed by atoms with Crippen molar-refractivity contribution < 1.29 is 14.0 Å². The molecular formula is C22H31N5O3S. The molecule has 0 aliphatic heterocycles. The molecule has 1 unspecified atom stereocenters. The number of carbonyl (C=O) groups is 2. The van der Waals surface area contributed by atoms with Crippen molar-refractivity contribution in [1.82, 2.24) is 25.4 Å². The standard InChI is InChI=1S/C22H31N5O3S/c1-15(20(28)24-21(29)23-16-9-4-2-5-10-16)31-22-26-25-19(18-13-8-14-30-18)27(22)17-11-6-3-7-12-17/h8,13-17H,2-7,9-12H2,1H3,(H2,23,24,28,29). The van der Waals surface area contributed by atoms with Crippen LogP contribution in [-0.4, -0.2) is 38.0 Å². The number of aromatic nitrogens is 3. The smallest absolute Gasteiger partial charge is 0.321 e. The molecule has 1 atom stereocenters. The molecule has 0 spiro atoms. The van der Waals surface area contributed by atoms with Crippen LogP contribution in [0.2, 0.25) is 0 Å². The Labute approximate surface area is 186 Å². The molecule has 9 heteroatoms. The SMILES string of the molecule is CC(Sc1nnc(-c2ccco2)n1C1CCCCC1)C(=O)NC(=O)NC1CCCCC1. The number of nitrogens with one attached hydrogen (secondary N) is 2. The normalized spacial score (nSPS) is 19.1. The predicted molar refractivity (Wildman–Crippen MR) is 119 cm³/mol. The van der Waals surface area contributed by atoms with Crippen LogP contribution in [0.5, 0.6) is 0 Å². The first-order valence-electron chi connectivity index (χ1n) is 11.4. The van der Waals surface area contributed by atoms with Gasteiger partial charge in [0.25, 0.3) is 0 Å². The van der Waals surface area contributed by atoms with E-state index in [1.54, 1.807) is 13.2 Å². The van der Waals surface area contributed by atoms with Crippen LogP contribution < -0.4 is 10.6 Å². The quantitative estimate of drug-likeness (QED) is 0.626. The fraction of sp³-hybridized carbons (Fsp3) is 0.636. The Morgan fingerprint density at radius 1 is 1.10 bits per heavy atom. The van der Waals surface area contributed by atoms with E-state index in [1.165, 1.54) is 37.4 Å². The van der Waals surface area contributed by atoms with Gasteiger partial charge in [0.2, 0.25) is 11.7 Å². The second-order valence-electron chi connectivity index (χ2n) is 8.50. The molecular weight excluding hydrogens is 414 g/mol. The van der Waals surface area contributed by atoms with Crippen LogP contribution in [0.1, 0.15) is 77.2 Å². The van der Waals surface area contributed by atoms with E-state index < -0.39 is 11.3 Å². The lowest BCUT2D eigenvalue weighted by molar-refractivity contribution is -0.119. The highest BCUT2D eigenvalue weighted by molar-refractivity contribution is 8.00. The zero-order chi connectivity index (χ0) is 21.6. The summed E-state index contributed by atoms with van der Waals surface area (Å²) in [4.78, 5) is 24.9. The van der Waals surface area contributed by atoms with E-state index in [0.29, 0.717) is 16.7 Å². The second-order valence-corrected chi connectivity index (χ2v) is 9.81. The predicted octanol–water partition coefficient (Wildman–Crippen LogP) is 4.68. The summed E-state index contributed by atoms with van der Waals surface area (Å²) >= 11 is 1.33. The number of hydrogen-bond donors (Lipinski definition) is 2. The highest BCUT2D eigenvalue weighted by atomic mass is 32.2. The molecule has 4 rings (SSSR count).